The highest BCUT2D eigenvalue weighted by Gasteiger charge is 2.38. The van der Waals surface area contributed by atoms with Crippen molar-refractivity contribution in [1.29, 1.82) is 0 Å². The predicted octanol–water partition coefficient (Wildman–Crippen LogP) is 2.62. The minimum absolute atomic E-state index is 0.279. The second-order valence-electron chi connectivity index (χ2n) is 6.74. The number of likely N-dealkylation sites (tertiary alicyclic amines) is 1. The zero-order valence-corrected chi connectivity index (χ0v) is 17.0. The normalized spacial score (nSPS) is 14.9. The number of carbonyl (C=O) groups is 2. The Balaban J connectivity index is 0.000000396. The molecule has 12 heteroatoms. The molecule has 0 atom stereocenters. The Morgan fingerprint density at radius 2 is 1.97 bits per heavy atom. The average molecular weight is 447 g/mol. The van der Waals surface area contributed by atoms with Crippen molar-refractivity contribution in [3.8, 4) is 0 Å². The van der Waals surface area contributed by atoms with Gasteiger partial charge in [-0.3, -0.25) is 4.79 Å². The van der Waals surface area contributed by atoms with Crippen LogP contribution < -0.4 is 5.73 Å². The Bertz CT molecular complexity index is 802. The second kappa shape index (κ2) is 11.1. The number of carboxylic acids is 1. The SMILES string of the molecule is NCc1cn(C2CCN(C(=O)CCCc3cccs3)CC2)nn1.O=C(O)C(F)(F)F. The number of aliphatic carboxylic acids is 1. The van der Waals surface area contributed by atoms with Crippen LogP contribution in [0.5, 0.6) is 0 Å². The number of hydrogen-bond acceptors (Lipinski definition) is 6. The number of carboxylic acid groups (broad SMARTS) is 1. The summed E-state index contributed by atoms with van der Waals surface area (Å²) in [4.78, 5) is 24.5. The third kappa shape index (κ3) is 7.41. The summed E-state index contributed by atoms with van der Waals surface area (Å²) in [5.74, 6) is -2.48. The number of alkyl halides is 3. The summed E-state index contributed by atoms with van der Waals surface area (Å²) < 4.78 is 33.6. The van der Waals surface area contributed by atoms with E-state index in [1.807, 2.05) is 15.8 Å². The molecule has 30 heavy (non-hydrogen) atoms. The average Bonchev–Trinajstić information content (AvgIpc) is 3.40. The van der Waals surface area contributed by atoms with Gasteiger partial charge >= 0.3 is 12.1 Å². The highest BCUT2D eigenvalue weighted by molar-refractivity contribution is 7.09. The minimum Gasteiger partial charge on any atom is -0.475 e. The van der Waals surface area contributed by atoms with Gasteiger partial charge in [0.1, 0.15) is 0 Å². The van der Waals surface area contributed by atoms with Crippen LogP contribution in [0.3, 0.4) is 0 Å². The van der Waals surface area contributed by atoms with Crippen LogP contribution in [-0.4, -0.2) is 56.1 Å². The highest BCUT2D eigenvalue weighted by atomic mass is 32.1. The molecule has 1 saturated heterocycles. The summed E-state index contributed by atoms with van der Waals surface area (Å²) >= 11 is 1.76. The molecule has 0 spiro atoms. The quantitative estimate of drug-likeness (QED) is 0.704. The van der Waals surface area contributed by atoms with Crippen LogP contribution in [0.1, 0.15) is 42.3 Å². The lowest BCUT2D eigenvalue weighted by atomic mass is 10.0. The van der Waals surface area contributed by atoms with Gasteiger partial charge in [-0.15, -0.1) is 16.4 Å². The summed E-state index contributed by atoms with van der Waals surface area (Å²) in [6, 6.07) is 4.53. The molecule has 3 rings (SSSR count). The number of carbonyl (C=O) groups excluding carboxylic acids is 1. The Hall–Kier alpha value is -2.47. The van der Waals surface area contributed by atoms with Crippen molar-refractivity contribution in [1.82, 2.24) is 19.9 Å². The number of thiophene rings is 1. The van der Waals surface area contributed by atoms with Gasteiger partial charge < -0.3 is 15.7 Å². The standard InChI is InChI=1S/C16H23N5OS.C2HF3O2/c17-11-13-12-21(19-18-13)14-6-8-20(9-7-14)16(22)5-1-3-15-4-2-10-23-15;3-2(4,5)1(6)7/h2,4,10,12,14H,1,3,5-9,11,17H2;(H,6,7). The number of rotatable bonds is 6. The van der Waals surface area contributed by atoms with E-state index in [2.05, 4.69) is 27.8 Å². The Morgan fingerprint density at radius 1 is 1.30 bits per heavy atom. The molecule has 166 valence electrons. The first-order chi connectivity index (χ1) is 14.2. The largest absolute Gasteiger partial charge is 0.490 e. The van der Waals surface area contributed by atoms with E-state index in [9.17, 15) is 18.0 Å². The summed E-state index contributed by atoms with van der Waals surface area (Å²) in [6.45, 7) is 2.03. The van der Waals surface area contributed by atoms with Gasteiger partial charge in [-0.05, 0) is 37.1 Å². The smallest absolute Gasteiger partial charge is 0.475 e. The van der Waals surface area contributed by atoms with E-state index in [1.165, 1.54) is 4.88 Å². The summed E-state index contributed by atoms with van der Waals surface area (Å²) in [5, 5.41) is 17.4. The van der Waals surface area contributed by atoms with E-state index < -0.39 is 12.1 Å². The Morgan fingerprint density at radius 3 is 2.47 bits per heavy atom. The van der Waals surface area contributed by atoms with E-state index in [0.29, 0.717) is 19.0 Å². The fourth-order valence-corrected chi connectivity index (χ4v) is 3.74. The van der Waals surface area contributed by atoms with Crippen molar-refractivity contribution in [3.63, 3.8) is 0 Å². The molecule has 0 unspecified atom stereocenters. The van der Waals surface area contributed by atoms with Gasteiger partial charge in [0.05, 0.1) is 17.9 Å². The van der Waals surface area contributed by atoms with Crippen LogP contribution >= 0.6 is 11.3 Å². The van der Waals surface area contributed by atoms with Crippen LogP contribution in [0.4, 0.5) is 13.2 Å². The van der Waals surface area contributed by atoms with E-state index >= 15 is 0 Å². The van der Waals surface area contributed by atoms with Crippen molar-refractivity contribution in [3.05, 3.63) is 34.3 Å². The molecule has 2 aromatic heterocycles. The first kappa shape index (κ1) is 23.8. The van der Waals surface area contributed by atoms with Crippen LogP contribution in [0.25, 0.3) is 0 Å². The van der Waals surface area contributed by atoms with E-state index in [0.717, 1.165) is 44.5 Å². The van der Waals surface area contributed by atoms with Gasteiger partial charge in [0.2, 0.25) is 5.91 Å². The Kier molecular flexibility index (Phi) is 8.78. The van der Waals surface area contributed by atoms with E-state index in [-0.39, 0.29) is 5.91 Å². The first-order valence-corrected chi connectivity index (χ1v) is 10.3. The van der Waals surface area contributed by atoms with Gasteiger partial charge in [-0.2, -0.15) is 13.2 Å². The third-order valence-electron chi connectivity index (χ3n) is 4.59. The molecule has 0 bridgehead atoms. The van der Waals surface area contributed by atoms with E-state index in [1.54, 1.807) is 11.3 Å². The van der Waals surface area contributed by atoms with Gasteiger partial charge in [-0.25, -0.2) is 9.48 Å². The number of nitrogens with two attached hydrogens (primary N) is 1. The topological polar surface area (TPSA) is 114 Å². The molecule has 1 aliphatic heterocycles. The maximum Gasteiger partial charge on any atom is 0.490 e. The zero-order valence-electron chi connectivity index (χ0n) is 16.2. The van der Waals surface area contributed by atoms with Crippen LogP contribution in [-0.2, 0) is 22.6 Å². The number of amides is 1. The molecule has 1 aliphatic rings. The predicted molar refractivity (Wildman–Crippen MR) is 104 cm³/mol. The molecular weight excluding hydrogens is 423 g/mol. The lowest BCUT2D eigenvalue weighted by Gasteiger charge is -2.32. The molecule has 0 aliphatic carbocycles. The summed E-state index contributed by atoms with van der Waals surface area (Å²) in [7, 11) is 0. The van der Waals surface area contributed by atoms with Crippen molar-refractivity contribution in [2.75, 3.05) is 13.1 Å². The molecule has 3 heterocycles. The molecule has 0 saturated carbocycles. The Labute approximate surface area is 175 Å². The minimum atomic E-state index is -5.08. The first-order valence-electron chi connectivity index (χ1n) is 9.41. The number of nitrogens with zero attached hydrogens (tertiary/aromatic N) is 4. The molecule has 1 amide bonds. The summed E-state index contributed by atoms with van der Waals surface area (Å²) in [6.07, 6.45) is 1.28. The van der Waals surface area contributed by atoms with Gasteiger partial charge in [-0.1, -0.05) is 11.3 Å². The second-order valence-corrected chi connectivity index (χ2v) is 7.77. The molecule has 1 fully saturated rings. The van der Waals surface area contributed by atoms with E-state index in [4.69, 9.17) is 15.6 Å². The van der Waals surface area contributed by atoms with Crippen molar-refractivity contribution in [2.45, 2.75) is 50.9 Å². The maximum absolute atomic E-state index is 12.3. The number of aromatic nitrogens is 3. The number of aryl methyl sites for hydroxylation is 1. The number of piperidine rings is 1. The van der Waals surface area contributed by atoms with Crippen LogP contribution in [0, 0.1) is 0 Å². The van der Waals surface area contributed by atoms with Gasteiger partial charge in [0.15, 0.2) is 0 Å². The van der Waals surface area contributed by atoms with Crippen LogP contribution in [0.2, 0.25) is 0 Å². The van der Waals surface area contributed by atoms with Crippen molar-refractivity contribution < 1.29 is 27.9 Å². The van der Waals surface area contributed by atoms with Gasteiger partial charge in [0, 0.05) is 30.9 Å². The number of hydrogen-bond donors (Lipinski definition) is 2. The van der Waals surface area contributed by atoms with Crippen molar-refractivity contribution in [2.24, 2.45) is 5.73 Å². The number of halogens is 3. The summed E-state index contributed by atoms with van der Waals surface area (Å²) in [5.41, 5.74) is 6.38. The molecule has 0 aromatic carbocycles. The highest BCUT2D eigenvalue weighted by Crippen LogP contribution is 2.22. The molecule has 2 aromatic rings. The monoisotopic (exact) mass is 447 g/mol. The fourth-order valence-electron chi connectivity index (χ4n) is 2.99. The molecule has 8 nitrogen and oxygen atoms in total. The maximum atomic E-state index is 12.3. The third-order valence-corrected chi connectivity index (χ3v) is 5.53. The van der Waals surface area contributed by atoms with Crippen molar-refractivity contribution >= 4 is 23.2 Å². The fraction of sp³-hybridized carbons (Fsp3) is 0.556. The molecule has 0 radical (unpaired) electrons. The van der Waals surface area contributed by atoms with Gasteiger partial charge in [0.25, 0.3) is 0 Å². The molecule has 3 N–H and O–H groups in total. The van der Waals surface area contributed by atoms with Crippen LogP contribution in [0.15, 0.2) is 23.7 Å². The molecular formula is C18H24F3N5O3S. The lowest BCUT2D eigenvalue weighted by molar-refractivity contribution is -0.192. The zero-order chi connectivity index (χ0) is 22.1. The lowest BCUT2D eigenvalue weighted by Crippen LogP contribution is -2.39.